The Morgan fingerprint density at radius 2 is 1.72 bits per heavy atom. The van der Waals surface area contributed by atoms with Gasteiger partial charge in [-0.2, -0.15) is 5.10 Å². The molecule has 0 aliphatic rings. The summed E-state index contributed by atoms with van der Waals surface area (Å²) in [6, 6.07) is 13.5. The molecule has 1 N–H and O–H groups in total. The van der Waals surface area contributed by atoms with Gasteiger partial charge in [-0.3, -0.25) is 9.48 Å². The van der Waals surface area contributed by atoms with Crippen LogP contribution < -0.4 is 14.8 Å². The van der Waals surface area contributed by atoms with E-state index in [0.717, 1.165) is 17.0 Å². The normalized spacial score (nSPS) is 10.7. The van der Waals surface area contributed by atoms with Gasteiger partial charge in [0.1, 0.15) is 16.0 Å². The number of amides is 1. The van der Waals surface area contributed by atoms with Crippen molar-refractivity contribution in [2.24, 2.45) is 0 Å². The minimum absolute atomic E-state index is 0.205. The van der Waals surface area contributed by atoms with Crippen LogP contribution in [0.2, 0.25) is 0 Å². The summed E-state index contributed by atoms with van der Waals surface area (Å²) in [5.41, 5.74) is 4.62. The molecule has 3 aromatic rings. The quantitative estimate of drug-likeness (QED) is 0.575. The molecule has 0 bridgehead atoms. The van der Waals surface area contributed by atoms with Crippen LogP contribution >= 0.6 is 15.9 Å². The van der Waals surface area contributed by atoms with Crippen LogP contribution in [0.25, 0.3) is 0 Å². The predicted molar refractivity (Wildman–Crippen MR) is 116 cm³/mol. The molecule has 0 saturated carbocycles. The second-order valence-electron chi connectivity index (χ2n) is 6.67. The van der Waals surface area contributed by atoms with Crippen molar-refractivity contribution in [3.05, 3.63) is 75.0 Å². The molecule has 3 rings (SSSR count). The molecule has 0 atom stereocenters. The first-order chi connectivity index (χ1) is 13.9. The van der Waals surface area contributed by atoms with Crippen LogP contribution in [-0.2, 0) is 13.1 Å². The number of carbonyl (C=O) groups excluding carboxylic acids is 1. The minimum atomic E-state index is -0.205. The average molecular weight is 458 g/mol. The van der Waals surface area contributed by atoms with E-state index in [2.05, 4.69) is 38.5 Å². The number of nitrogens with zero attached hydrogens (tertiary/aromatic N) is 2. The average Bonchev–Trinajstić information content (AvgIpc) is 2.99. The first-order valence-electron chi connectivity index (χ1n) is 9.21. The monoisotopic (exact) mass is 457 g/mol. The lowest BCUT2D eigenvalue weighted by Gasteiger charge is -2.12. The van der Waals surface area contributed by atoms with Crippen molar-refractivity contribution in [1.29, 1.82) is 0 Å². The van der Waals surface area contributed by atoms with E-state index in [9.17, 15) is 4.79 Å². The van der Waals surface area contributed by atoms with Gasteiger partial charge in [-0.25, -0.2) is 0 Å². The summed E-state index contributed by atoms with van der Waals surface area (Å²) in [4.78, 5) is 12.7. The van der Waals surface area contributed by atoms with Gasteiger partial charge in [0.25, 0.3) is 5.91 Å². The topological polar surface area (TPSA) is 65.4 Å². The standard InChI is InChI=1S/C22H24BrN3O3/c1-14-18(15(2)26(25-14)13-16-8-6-5-7-9-16)12-24-22(27)17-10-19(28-3)21(23)20(11-17)29-4/h5-11H,12-13H2,1-4H3,(H,24,27). The molecule has 1 aromatic heterocycles. The fraction of sp³-hybridized carbons (Fsp3) is 0.273. The van der Waals surface area contributed by atoms with Crippen molar-refractivity contribution in [3.8, 4) is 11.5 Å². The summed E-state index contributed by atoms with van der Waals surface area (Å²) in [5, 5.41) is 7.62. The van der Waals surface area contributed by atoms with Crippen LogP contribution in [0.5, 0.6) is 11.5 Å². The Balaban J connectivity index is 1.76. The van der Waals surface area contributed by atoms with E-state index in [0.29, 0.717) is 34.6 Å². The van der Waals surface area contributed by atoms with E-state index in [1.807, 2.05) is 36.7 Å². The number of aromatic nitrogens is 2. The van der Waals surface area contributed by atoms with Crippen molar-refractivity contribution in [1.82, 2.24) is 15.1 Å². The maximum Gasteiger partial charge on any atom is 0.251 e. The van der Waals surface area contributed by atoms with E-state index >= 15 is 0 Å². The molecule has 152 valence electrons. The molecule has 0 saturated heterocycles. The summed E-state index contributed by atoms with van der Waals surface area (Å²) in [7, 11) is 3.10. The van der Waals surface area contributed by atoms with Gasteiger partial charge in [0.2, 0.25) is 0 Å². The van der Waals surface area contributed by atoms with Crippen LogP contribution in [-0.4, -0.2) is 29.9 Å². The van der Waals surface area contributed by atoms with E-state index in [1.54, 1.807) is 26.4 Å². The van der Waals surface area contributed by atoms with Crippen LogP contribution in [0, 0.1) is 13.8 Å². The van der Waals surface area contributed by atoms with Gasteiger partial charge in [-0.15, -0.1) is 0 Å². The zero-order valence-corrected chi connectivity index (χ0v) is 18.5. The highest BCUT2D eigenvalue weighted by atomic mass is 79.9. The number of methoxy groups -OCH3 is 2. The number of benzene rings is 2. The molecule has 0 fully saturated rings. The van der Waals surface area contributed by atoms with Crippen molar-refractivity contribution in [2.75, 3.05) is 14.2 Å². The first-order valence-corrected chi connectivity index (χ1v) is 10.0. The molecule has 6 nitrogen and oxygen atoms in total. The highest BCUT2D eigenvalue weighted by Crippen LogP contribution is 2.35. The van der Waals surface area contributed by atoms with Crippen molar-refractivity contribution >= 4 is 21.8 Å². The van der Waals surface area contributed by atoms with Crippen molar-refractivity contribution in [2.45, 2.75) is 26.9 Å². The van der Waals surface area contributed by atoms with Gasteiger partial charge in [-0.05, 0) is 47.5 Å². The summed E-state index contributed by atoms with van der Waals surface area (Å²) in [6.07, 6.45) is 0. The Labute approximate surface area is 179 Å². The van der Waals surface area contributed by atoms with Gasteiger partial charge in [-0.1, -0.05) is 30.3 Å². The molecule has 2 aromatic carbocycles. The number of ether oxygens (including phenoxy) is 2. The summed E-state index contributed by atoms with van der Waals surface area (Å²) in [6.45, 7) is 5.08. The Hall–Kier alpha value is -2.80. The number of halogens is 1. The van der Waals surface area contributed by atoms with Crippen LogP contribution in [0.1, 0.15) is 32.9 Å². The van der Waals surface area contributed by atoms with E-state index < -0.39 is 0 Å². The van der Waals surface area contributed by atoms with Crippen molar-refractivity contribution in [3.63, 3.8) is 0 Å². The van der Waals surface area contributed by atoms with Crippen LogP contribution in [0.3, 0.4) is 0 Å². The fourth-order valence-corrected chi connectivity index (χ4v) is 3.72. The fourth-order valence-electron chi connectivity index (χ4n) is 3.17. The number of hydrogen-bond acceptors (Lipinski definition) is 4. The summed E-state index contributed by atoms with van der Waals surface area (Å²) in [5.74, 6) is 0.874. The van der Waals surface area contributed by atoms with Crippen LogP contribution in [0.15, 0.2) is 46.9 Å². The molecule has 0 aliphatic heterocycles. The third-order valence-electron chi connectivity index (χ3n) is 4.84. The third kappa shape index (κ3) is 4.62. The molecule has 0 radical (unpaired) electrons. The second kappa shape index (κ2) is 9.13. The van der Waals surface area contributed by atoms with E-state index in [-0.39, 0.29) is 5.91 Å². The lowest BCUT2D eigenvalue weighted by molar-refractivity contribution is 0.0950. The zero-order valence-electron chi connectivity index (χ0n) is 17.0. The Bertz CT molecular complexity index is 991. The SMILES string of the molecule is COc1cc(C(=O)NCc2c(C)nn(Cc3ccccc3)c2C)cc(OC)c1Br. The smallest absolute Gasteiger partial charge is 0.251 e. The number of hydrogen-bond donors (Lipinski definition) is 1. The largest absolute Gasteiger partial charge is 0.495 e. The van der Waals surface area contributed by atoms with Crippen molar-refractivity contribution < 1.29 is 14.3 Å². The van der Waals surface area contributed by atoms with Gasteiger partial charge in [0.05, 0.1) is 26.5 Å². The Morgan fingerprint density at radius 3 is 2.31 bits per heavy atom. The van der Waals surface area contributed by atoms with Gasteiger partial charge < -0.3 is 14.8 Å². The maximum atomic E-state index is 12.7. The summed E-state index contributed by atoms with van der Waals surface area (Å²) < 4.78 is 13.3. The number of carbonyl (C=O) groups is 1. The Morgan fingerprint density at radius 1 is 1.10 bits per heavy atom. The van der Waals surface area contributed by atoms with Gasteiger partial charge in [0, 0.05) is 23.4 Å². The predicted octanol–water partition coefficient (Wildman–Crippen LogP) is 4.26. The summed E-state index contributed by atoms with van der Waals surface area (Å²) >= 11 is 3.42. The Kier molecular flexibility index (Phi) is 6.59. The molecule has 7 heteroatoms. The molecule has 0 spiro atoms. The van der Waals surface area contributed by atoms with Gasteiger partial charge >= 0.3 is 0 Å². The first kappa shape index (κ1) is 20.9. The van der Waals surface area contributed by atoms with E-state index in [1.165, 1.54) is 5.56 Å². The number of rotatable bonds is 7. The molecule has 29 heavy (non-hydrogen) atoms. The number of nitrogens with one attached hydrogen (secondary N) is 1. The van der Waals surface area contributed by atoms with E-state index in [4.69, 9.17) is 9.47 Å². The minimum Gasteiger partial charge on any atom is -0.495 e. The molecule has 0 aliphatic carbocycles. The second-order valence-corrected chi connectivity index (χ2v) is 7.46. The molecule has 1 amide bonds. The number of aryl methyl sites for hydroxylation is 1. The molecular formula is C22H24BrN3O3. The lowest BCUT2D eigenvalue weighted by atomic mass is 10.1. The molecular weight excluding hydrogens is 434 g/mol. The zero-order chi connectivity index (χ0) is 21.0. The molecule has 0 unspecified atom stereocenters. The maximum absolute atomic E-state index is 12.7. The van der Waals surface area contributed by atoms with Crippen LogP contribution in [0.4, 0.5) is 0 Å². The highest BCUT2D eigenvalue weighted by Gasteiger charge is 2.17. The lowest BCUT2D eigenvalue weighted by Crippen LogP contribution is -2.23. The van der Waals surface area contributed by atoms with Gasteiger partial charge in [0.15, 0.2) is 0 Å². The molecule has 1 heterocycles. The highest BCUT2D eigenvalue weighted by molar-refractivity contribution is 9.10. The third-order valence-corrected chi connectivity index (χ3v) is 5.62.